The number of anilines is 1. The van der Waals surface area contributed by atoms with E-state index in [1.54, 1.807) is 19.4 Å². The topological polar surface area (TPSA) is 103 Å². The smallest absolute Gasteiger partial charge is 0.251 e. The van der Waals surface area contributed by atoms with Crippen LogP contribution in [-0.4, -0.2) is 29.1 Å². The molecule has 0 saturated heterocycles. The van der Waals surface area contributed by atoms with E-state index < -0.39 is 0 Å². The Hall–Kier alpha value is -4.00. The summed E-state index contributed by atoms with van der Waals surface area (Å²) in [5.41, 5.74) is 6.28. The van der Waals surface area contributed by atoms with Crippen molar-refractivity contribution in [3.05, 3.63) is 88.9 Å². The van der Waals surface area contributed by atoms with Crippen molar-refractivity contribution >= 4 is 18.1 Å². The first-order valence-electron chi connectivity index (χ1n) is 11.2. The highest BCUT2D eigenvalue weighted by Gasteiger charge is 2.14. The molecule has 0 atom stereocenters. The lowest BCUT2D eigenvalue weighted by Crippen LogP contribution is -2.23. The van der Waals surface area contributed by atoms with E-state index >= 15 is 0 Å². The number of carbonyl (C=O) groups excluding carboxylic acids is 1. The van der Waals surface area contributed by atoms with E-state index in [0.29, 0.717) is 23.8 Å². The van der Waals surface area contributed by atoms with Gasteiger partial charge in [-0.05, 0) is 53.3 Å². The van der Waals surface area contributed by atoms with Gasteiger partial charge in [-0.25, -0.2) is 9.97 Å². The Labute approximate surface area is 201 Å². The van der Waals surface area contributed by atoms with Crippen molar-refractivity contribution in [1.29, 1.82) is 5.41 Å². The second kappa shape index (κ2) is 10.7. The molecule has 1 aromatic heterocycles. The third kappa shape index (κ3) is 6.28. The van der Waals surface area contributed by atoms with Crippen molar-refractivity contribution in [2.45, 2.75) is 39.7 Å². The van der Waals surface area contributed by atoms with Crippen molar-refractivity contribution in [1.82, 2.24) is 20.6 Å². The third-order valence-electron chi connectivity index (χ3n) is 5.46. The predicted molar refractivity (Wildman–Crippen MR) is 138 cm³/mol. The number of allylic oxidation sites excluding steroid dienone is 1. The molecule has 0 aliphatic heterocycles. The molecule has 2 aromatic carbocycles. The van der Waals surface area contributed by atoms with Crippen LogP contribution in [0.3, 0.4) is 0 Å². The van der Waals surface area contributed by atoms with Crippen LogP contribution in [0, 0.1) is 12.3 Å². The number of aromatic nitrogens is 2. The maximum Gasteiger partial charge on any atom is 0.251 e. The minimum Gasteiger partial charge on any atom is -0.392 e. The van der Waals surface area contributed by atoms with Crippen LogP contribution in [0.15, 0.2) is 66.6 Å². The Morgan fingerprint density at radius 3 is 2.44 bits per heavy atom. The van der Waals surface area contributed by atoms with Gasteiger partial charge in [0.05, 0.1) is 11.4 Å². The molecule has 0 saturated carbocycles. The summed E-state index contributed by atoms with van der Waals surface area (Å²) in [5, 5.41) is 16.4. The molecule has 0 aliphatic carbocycles. The van der Waals surface area contributed by atoms with Gasteiger partial charge in [0.1, 0.15) is 0 Å². The Kier molecular flexibility index (Phi) is 7.79. The normalized spacial score (nSPS) is 11.6. The quantitative estimate of drug-likeness (QED) is 0.365. The largest absolute Gasteiger partial charge is 0.392 e. The molecule has 7 nitrogen and oxygen atoms in total. The Morgan fingerprint density at radius 1 is 1.09 bits per heavy atom. The number of nitrogens with one attached hydrogen (secondary N) is 4. The summed E-state index contributed by atoms with van der Waals surface area (Å²) in [6.45, 7) is 8.93. The number of benzene rings is 2. The summed E-state index contributed by atoms with van der Waals surface area (Å²) in [5.74, 6) is 0.320. The Morgan fingerprint density at radius 2 is 1.82 bits per heavy atom. The molecule has 4 N–H and O–H groups in total. The van der Waals surface area contributed by atoms with Gasteiger partial charge in [0.2, 0.25) is 5.95 Å². The highest BCUT2D eigenvalue weighted by atomic mass is 16.1. The molecule has 7 heteroatoms. The molecule has 1 heterocycles. The number of amides is 1. The standard InChI is InChI=1S/C27H32N6O/c1-18-14-20(24-12-13-30-26(33-24)32-23(15-28)17-29-5)6-7-21(18)16-31-25(34)19-8-10-22(11-9-19)27(2,3)4/h6-15,17,28-29H,16H2,1-5H3,(H,31,34)(H,30,32,33)/b23-17+,28-15?. The summed E-state index contributed by atoms with van der Waals surface area (Å²) < 4.78 is 0. The van der Waals surface area contributed by atoms with Crippen molar-refractivity contribution in [2.24, 2.45) is 0 Å². The second-order valence-electron chi connectivity index (χ2n) is 9.07. The second-order valence-corrected chi connectivity index (χ2v) is 9.07. The third-order valence-corrected chi connectivity index (χ3v) is 5.46. The lowest BCUT2D eigenvalue weighted by Gasteiger charge is -2.19. The molecule has 0 radical (unpaired) electrons. The Balaban J connectivity index is 1.68. The fraction of sp³-hybridized carbons (Fsp3) is 0.259. The van der Waals surface area contributed by atoms with Gasteiger partial charge in [0.25, 0.3) is 5.91 Å². The summed E-state index contributed by atoms with van der Waals surface area (Å²) in [4.78, 5) is 21.4. The molecule has 3 rings (SSSR count). The van der Waals surface area contributed by atoms with Gasteiger partial charge in [-0.2, -0.15) is 0 Å². The predicted octanol–water partition coefficient (Wildman–Crippen LogP) is 4.80. The van der Waals surface area contributed by atoms with Crippen LogP contribution in [0.2, 0.25) is 0 Å². The maximum atomic E-state index is 12.6. The van der Waals surface area contributed by atoms with Gasteiger partial charge < -0.3 is 21.4 Å². The fourth-order valence-corrected chi connectivity index (χ4v) is 3.43. The maximum absolute atomic E-state index is 12.6. The number of nitrogens with zero attached hydrogens (tertiary/aromatic N) is 2. The van der Waals surface area contributed by atoms with E-state index in [2.05, 4.69) is 46.7 Å². The van der Waals surface area contributed by atoms with Crippen LogP contribution in [-0.2, 0) is 12.0 Å². The van der Waals surface area contributed by atoms with E-state index in [1.807, 2.05) is 55.5 Å². The molecule has 0 fully saturated rings. The van der Waals surface area contributed by atoms with Gasteiger partial charge in [-0.15, -0.1) is 0 Å². The van der Waals surface area contributed by atoms with Crippen LogP contribution in [0.25, 0.3) is 11.3 Å². The number of hydrogen-bond acceptors (Lipinski definition) is 6. The molecule has 34 heavy (non-hydrogen) atoms. The SMILES string of the molecule is CN/C=C(\C=N)Nc1nccc(-c2ccc(CNC(=O)c3ccc(C(C)(C)C)cc3)c(C)c2)n1. The van der Waals surface area contributed by atoms with Crippen molar-refractivity contribution in [3.63, 3.8) is 0 Å². The number of rotatable bonds is 8. The van der Waals surface area contributed by atoms with Gasteiger partial charge in [-0.1, -0.05) is 45.0 Å². The monoisotopic (exact) mass is 456 g/mol. The van der Waals surface area contributed by atoms with E-state index in [0.717, 1.165) is 22.4 Å². The molecule has 0 bridgehead atoms. The van der Waals surface area contributed by atoms with E-state index in [-0.39, 0.29) is 11.3 Å². The van der Waals surface area contributed by atoms with E-state index in [9.17, 15) is 4.79 Å². The van der Waals surface area contributed by atoms with Gasteiger partial charge >= 0.3 is 0 Å². The van der Waals surface area contributed by atoms with Crippen molar-refractivity contribution in [3.8, 4) is 11.3 Å². The fourth-order valence-electron chi connectivity index (χ4n) is 3.43. The van der Waals surface area contributed by atoms with Crippen LogP contribution in [0.4, 0.5) is 5.95 Å². The Bertz CT molecular complexity index is 1190. The average Bonchev–Trinajstić information content (AvgIpc) is 2.82. The molecular weight excluding hydrogens is 424 g/mol. The van der Waals surface area contributed by atoms with Crippen LogP contribution in [0.1, 0.15) is 47.8 Å². The molecule has 0 spiro atoms. The van der Waals surface area contributed by atoms with Crippen LogP contribution >= 0.6 is 0 Å². The number of hydrogen-bond donors (Lipinski definition) is 4. The van der Waals surface area contributed by atoms with Gasteiger partial charge in [0.15, 0.2) is 0 Å². The van der Waals surface area contributed by atoms with Crippen molar-refractivity contribution in [2.75, 3.05) is 12.4 Å². The lowest BCUT2D eigenvalue weighted by molar-refractivity contribution is 0.0951. The highest BCUT2D eigenvalue weighted by molar-refractivity contribution is 5.94. The zero-order chi connectivity index (χ0) is 24.7. The highest BCUT2D eigenvalue weighted by Crippen LogP contribution is 2.23. The molecular formula is C27H32N6O. The lowest BCUT2D eigenvalue weighted by atomic mass is 9.87. The average molecular weight is 457 g/mol. The zero-order valence-electron chi connectivity index (χ0n) is 20.4. The molecule has 176 valence electrons. The minimum absolute atomic E-state index is 0.0557. The zero-order valence-corrected chi connectivity index (χ0v) is 20.4. The molecule has 0 unspecified atom stereocenters. The summed E-state index contributed by atoms with van der Waals surface area (Å²) in [6, 6.07) is 15.7. The van der Waals surface area contributed by atoms with Crippen LogP contribution in [0.5, 0.6) is 0 Å². The number of carbonyl (C=O) groups is 1. The first kappa shape index (κ1) is 24.6. The van der Waals surface area contributed by atoms with E-state index in [1.165, 1.54) is 11.8 Å². The van der Waals surface area contributed by atoms with Gasteiger partial charge in [0, 0.05) is 43.3 Å². The van der Waals surface area contributed by atoms with Crippen molar-refractivity contribution < 1.29 is 4.79 Å². The summed E-state index contributed by atoms with van der Waals surface area (Å²) in [7, 11) is 1.76. The molecule has 3 aromatic rings. The first-order chi connectivity index (χ1) is 16.2. The first-order valence-corrected chi connectivity index (χ1v) is 11.2. The van der Waals surface area contributed by atoms with E-state index in [4.69, 9.17) is 5.41 Å². The minimum atomic E-state index is -0.0907. The van der Waals surface area contributed by atoms with Gasteiger partial charge in [-0.3, -0.25) is 4.79 Å². The summed E-state index contributed by atoms with van der Waals surface area (Å²) >= 11 is 0. The molecule has 1 amide bonds. The number of aryl methyl sites for hydroxylation is 1. The molecule has 0 aliphatic rings. The van der Waals surface area contributed by atoms with Crippen LogP contribution < -0.4 is 16.0 Å². The summed E-state index contributed by atoms with van der Waals surface area (Å²) in [6.07, 6.45) is 4.54.